The summed E-state index contributed by atoms with van der Waals surface area (Å²) in [6, 6.07) is 3.39. The van der Waals surface area contributed by atoms with Crippen molar-refractivity contribution in [1.29, 1.82) is 0 Å². The van der Waals surface area contributed by atoms with Crippen molar-refractivity contribution in [3.05, 3.63) is 56.0 Å². The van der Waals surface area contributed by atoms with E-state index in [1.807, 2.05) is 6.92 Å². The molecule has 1 nitrogen and oxygen atoms in total. The molecular formula is C13H11ClF3NS. The fraction of sp³-hybridized carbons (Fsp3) is 0.231. The van der Waals surface area contributed by atoms with Gasteiger partial charge in [-0.15, -0.1) is 11.3 Å². The number of aryl methyl sites for hydroxylation is 1. The van der Waals surface area contributed by atoms with Crippen LogP contribution in [-0.4, -0.2) is 7.05 Å². The Kier molecular flexibility index (Phi) is 4.18. The summed E-state index contributed by atoms with van der Waals surface area (Å²) in [5, 5.41) is 2.89. The molecule has 0 saturated heterocycles. The number of halogens is 4. The zero-order valence-electron chi connectivity index (χ0n) is 10.2. The third kappa shape index (κ3) is 2.63. The summed E-state index contributed by atoms with van der Waals surface area (Å²) in [6.07, 6.45) is 0. The van der Waals surface area contributed by atoms with Crippen molar-refractivity contribution in [1.82, 2.24) is 5.32 Å². The molecule has 6 heteroatoms. The Morgan fingerprint density at radius 2 is 1.89 bits per heavy atom. The highest BCUT2D eigenvalue weighted by atomic mass is 35.5. The van der Waals surface area contributed by atoms with E-state index in [1.54, 1.807) is 13.1 Å². The molecule has 2 rings (SSSR count). The highest BCUT2D eigenvalue weighted by Gasteiger charge is 2.23. The van der Waals surface area contributed by atoms with Crippen LogP contribution < -0.4 is 5.32 Å². The summed E-state index contributed by atoms with van der Waals surface area (Å²) < 4.78 is 40.6. The van der Waals surface area contributed by atoms with E-state index in [1.165, 1.54) is 17.4 Å². The minimum Gasteiger partial charge on any atom is -0.309 e. The molecule has 1 aromatic carbocycles. The molecule has 0 spiro atoms. The molecule has 0 aliphatic rings. The standard InChI is InChI=1S/C13H11ClF3NS/c1-6-5-9(19-13(6)14)12(18-2)7-3-4-8(15)11(17)10(7)16/h3-5,12,18H,1-2H3. The second-order valence-corrected chi connectivity index (χ2v) is 5.78. The third-order valence-electron chi connectivity index (χ3n) is 2.83. The van der Waals surface area contributed by atoms with Gasteiger partial charge in [0.15, 0.2) is 17.5 Å². The van der Waals surface area contributed by atoms with Crippen molar-refractivity contribution in [2.75, 3.05) is 7.05 Å². The van der Waals surface area contributed by atoms with Crippen molar-refractivity contribution >= 4 is 22.9 Å². The second-order valence-electron chi connectivity index (χ2n) is 4.09. The zero-order valence-corrected chi connectivity index (χ0v) is 11.8. The first-order valence-electron chi connectivity index (χ1n) is 5.52. The molecule has 1 N–H and O–H groups in total. The Hall–Kier alpha value is -1.04. The van der Waals surface area contributed by atoms with Crippen LogP contribution in [-0.2, 0) is 0 Å². The van der Waals surface area contributed by atoms with Gasteiger partial charge in [-0.2, -0.15) is 0 Å². The maximum atomic E-state index is 13.8. The van der Waals surface area contributed by atoms with Gasteiger partial charge in [-0.05, 0) is 31.7 Å². The maximum absolute atomic E-state index is 13.8. The molecule has 0 bridgehead atoms. The summed E-state index contributed by atoms with van der Waals surface area (Å²) in [4.78, 5) is 0.745. The van der Waals surface area contributed by atoms with Crippen molar-refractivity contribution in [2.45, 2.75) is 13.0 Å². The van der Waals surface area contributed by atoms with Gasteiger partial charge in [0.2, 0.25) is 0 Å². The molecule has 2 aromatic rings. The zero-order chi connectivity index (χ0) is 14.2. The Morgan fingerprint density at radius 1 is 1.21 bits per heavy atom. The fourth-order valence-corrected chi connectivity index (χ4v) is 3.19. The fourth-order valence-electron chi connectivity index (χ4n) is 1.84. The normalized spacial score (nSPS) is 12.7. The van der Waals surface area contributed by atoms with Crippen molar-refractivity contribution in [3.8, 4) is 0 Å². The third-order valence-corrected chi connectivity index (χ3v) is 4.45. The van der Waals surface area contributed by atoms with Crippen LogP contribution in [0.2, 0.25) is 4.34 Å². The Labute approximate surface area is 118 Å². The lowest BCUT2D eigenvalue weighted by molar-refractivity contribution is 0.435. The molecule has 0 fully saturated rings. The van der Waals surface area contributed by atoms with Gasteiger partial charge in [0.25, 0.3) is 0 Å². The van der Waals surface area contributed by atoms with Crippen LogP contribution in [0.25, 0.3) is 0 Å². The monoisotopic (exact) mass is 305 g/mol. The number of benzene rings is 1. The summed E-state index contributed by atoms with van der Waals surface area (Å²) in [6.45, 7) is 1.83. The van der Waals surface area contributed by atoms with Crippen LogP contribution >= 0.6 is 22.9 Å². The summed E-state index contributed by atoms with van der Waals surface area (Å²) in [7, 11) is 1.62. The van der Waals surface area contributed by atoms with E-state index in [0.29, 0.717) is 4.34 Å². The van der Waals surface area contributed by atoms with E-state index in [4.69, 9.17) is 11.6 Å². The Morgan fingerprint density at radius 3 is 2.42 bits per heavy atom. The molecule has 1 atom stereocenters. The number of rotatable bonds is 3. The quantitative estimate of drug-likeness (QED) is 0.827. The van der Waals surface area contributed by atoms with Crippen molar-refractivity contribution < 1.29 is 13.2 Å². The van der Waals surface area contributed by atoms with E-state index >= 15 is 0 Å². The SMILES string of the molecule is CNC(c1cc(C)c(Cl)s1)c1ccc(F)c(F)c1F. The number of thiophene rings is 1. The molecule has 102 valence electrons. The van der Waals surface area contributed by atoms with Crippen LogP contribution in [0.15, 0.2) is 18.2 Å². The second kappa shape index (κ2) is 5.53. The number of hydrogen-bond donors (Lipinski definition) is 1. The summed E-state index contributed by atoms with van der Waals surface area (Å²) in [5.41, 5.74) is 0.921. The van der Waals surface area contributed by atoms with Crippen LogP contribution in [0.3, 0.4) is 0 Å². The largest absolute Gasteiger partial charge is 0.309 e. The predicted octanol–water partition coefficient (Wildman–Crippen LogP) is 4.44. The molecule has 1 aromatic heterocycles. The minimum atomic E-state index is -1.46. The van der Waals surface area contributed by atoms with E-state index in [9.17, 15) is 13.2 Å². The lowest BCUT2D eigenvalue weighted by Crippen LogP contribution is -2.18. The minimum absolute atomic E-state index is 0.0549. The predicted molar refractivity (Wildman–Crippen MR) is 71.3 cm³/mol. The van der Waals surface area contributed by atoms with Gasteiger partial charge in [-0.3, -0.25) is 0 Å². The van der Waals surface area contributed by atoms with Crippen molar-refractivity contribution in [3.63, 3.8) is 0 Å². The molecule has 0 aliphatic heterocycles. The molecule has 0 saturated carbocycles. The van der Waals surface area contributed by atoms with Crippen LogP contribution in [0, 0.1) is 24.4 Å². The van der Waals surface area contributed by atoms with Gasteiger partial charge in [0.1, 0.15) is 0 Å². The van der Waals surface area contributed by atoms with E-state index in [-0.39, 0.29) is 5.56 Å². The topological polar surface area (TPSA) is 12.0 Å². The van der Waals surface area contributed by atoms with Gasteiger partial charge < -0.3 is 5.32 Å². The lowest BCUT2D eigenvalue weighted by Gasteiger charge is -2.16. The van der Waals surface area contributed by atoms with Crippen LogP contribution in [0.5, 0.6) is 0 Å². The van der Waals surface area contributed by atoms with E-state index in [2.05, 4.69) is 5.32 Å². The molecule has 1 heterocycles. The molecule has 0 amide bonds. The Bertz CT molecular complexity index is 593. The first kappa shape index (κ1) is 14.4. The molecule has 0 radical (unpaired) electrons. The average Bonchev–Trinajstić information content (AvgIpc) is 2.70. The summed E-state index contributed by atoms with van der Waals surface area (Å²) in [5.74, 6) is -3.84. The van der Waals surface area contributed by atoms with Gasteiger partial charge >= 0.3 is 0 Å². The number of nitrogens with one attached hydrogen (secondary N) is 1. The summed E-state index contributed by atoms with van der Waals surface area (Å²) >= 11 is 7.26. The highest BCUT2D eigenvalue weighted by Crippen LogP contribution is 2.35. The van der Waals surface area contributed by atoms with Crippen LogP contribution in [0.4, 0.5) is 13.2 Å². The average molecular weight is 306 g/mol. The molecule has 0 aliphatic carbocycles. The first-order chi connectivity index (χ1) is 8.95. The molecule has 19 heavy (non-hydrogen) atoms. The van der Waals surface area contributed by atoms with Gasteiger partial charge in [0, 0.05) is 10.4 Å². The smallest absolute Gasteiger partial charge is 0.194 e. The van der Waals surface area contributed by atoms with Gasteiger partial charge in [0.05, 0.1) is 10.4 Å². The number of hydrogen-bond acceptors (Lipinski definition) is 2. The van der Waals surface area contributed by atoms with Crippen LogP contribution in [0.1, 0.15) is 22.0 Å². The highest BCUT2D eigenvalue weighted by molar-refractivity contribution is 7.16. The molecule has 1 unspecified atom stereocenters. The Balaban J connectivity index is 2.51. The molecular weight excluding hydrogens is 295 g/mol. The van der Waals surface area contributed by atoms with Crippen molar-refractivity contribution in [2.24, 2.45) is 0 Å². The lowest BCUT2D eigenvalue weighted by atomic mass is 10.0. The first-order valence-corrected chi connectivity index (χ1v) is 6.71. The van der Waals surface area contributed by atoms with Gasteiger partial charge in [-0.1, -0.05) is 17.7 Å². The van der Waals surface area contributed by atoms with Gasteiger partial charge in [-0.25, -0.2) is 13.2 Å². The van der Waals surface area contributed by atoms with E-state index in [0.717, 1.165) is 16.5 Å². The maximum Gasteiger partial charge on any atom is 0.194 e. The van der Waals surface area contributed by atoms with E-state index < -0.39 is 23.5 Å².